The summed E-state index contributed by atoms with van der Waals surface area (Å²) in [6.07, 6.45) is 3.86. The quantitative estimate of drug-likeness (QED) is 0.388. The van der Waals surface area contributed by atoms with Gasteiger partial charge in [-0.2, -0.15) is 0 Å². The van der Waals surface area contributed by atoms with E-state index in [9.17, 15) is 0 Å². The van der Waals surface area contributed by atoms with Gasteiger partial charge in [0.05, 0.1) is 7.11 Å². The van der Waals surface area contributed by atoms with Crippen LogP contribution in [0.5, 0.6) is 5.75 Å². The Morgan fingerprint density at radius 1 is 1.00 bits per heavy atom. The number of hydrogen-bond donors (Lipinski definition) is 0. The molecule has 0 aliphatic carbocycles. The van der Waals surface area contributed by atoms with Gasteiger partial charge in [0.1, 0.15) is 5.75 Å². The van der Waals surface area contributed by atoms with Crippen molar-refractivity contribution in [3.8, 4) is 16.9 Å². The molecule has 3 aromatic rings. The Kier molecular flexibility index (Phi) is 6.49. The molecule has 0 atom stereocenters. The average molecular weight is 405 g/mol. The molecule has 0 heterocycles. The summed E-state index contributed by atoms with van der Waals surface area (Å²) in [5.41, 5.74) is 6.88. The maximum absolute atomic E-state index is 6.40. The molecule has 0 N–H and O–H groups in total. The van der Waals surface area contributed by atoms with E-state index in [-0.39, 0.29) is 5.41 Å². The Morgan fingerprint density at radius 3 is 2.34 bits per heavy atom. The standard InChI is InChI=1S/C27H29ClO/c1-6-11-20-16-23(27(3,4)22-12-9-8-10-13-22)18-25(29-5)26(20)21-14-19(7-2)15-24(28)17-21/h7-10,12-18H,2,6,11H2,1,3-5H3. The van der Waals surface area contributed by atoms with Crippen LogP contribution in [0.3, 0.4) is 0 Å². The Morgan fingerprint density at radius 2 is 1.72 bits per heavy atom. The summed E-state index contributed by atoms with van der Waals surface area (Å²) in [7, 11) is 1.74. The first-order valence-electron chi connectivity index (χ1n) is 10.1. The predicted octanol–water partition coefficient (Wildman–Crippen LogP) is 7.94. The molecule has 0 fully saturated rings. The van der Waals surface area contributed by atoms with Gasteiger partial charge >= 0.3 is 0 Å². The lowest BCUT2D eigenvalue weighted by Crippen LogP contribution is -2.19. The van der Waals surface area contributed by atoms with E-state index in [1.807, 2.05) is 18.2 Å². The van der Waals surface area contributed by atoms with Gasteiger partial charge in [0.25, 0.3) is 0 Å². The molecule has 0 aliphatic heterocycles. The van der Waals surface area contributed by atoms with Crippen LogP contribution in [-0.2, 0) is 11.8 Å². The largest absolute Gasteiger partial charge is 0.496 e. The van der Waals surface area contributed by atoms with Crippen molar-refractivity contribution < 1.29 is 4.74 Å². The number of benzene rings is 3. The van der Waals surface area contributed by atoms with Gasteiger partial charge in [-0.25, -0.2) is 0 Å². The fraction of sp³-hybridized carbons (Fsp3) is 0.259. The van der Waals surface area contributed by atoms with Crippen LogP contribution in [0.1, 0.15) is 49.4 Å². The number of methoxy groups -OCH3 is 1. The van der Waals surface area contributed by atoms with Gasteiger partial charge in [0.15, 0.2) is 0 Å². The maximum atomic E-state index is 6.40. The van der Waals surface area contributed by atoms with Crippen molar-refractivity contribution in [2.75, 3.05) is 7.11 Å². The smallest absolute Gasteiger partial charge is 0.127 e. The Balaban J connectivity index is 2.24. The van der Waals surface area contributed by atoms with Crippen LogP contribution in [0.15, 0.2) is 67.2 Å². The minimum absolute atomic E-state index is 0.129. The fourth-order valence-electron chi connectivity index (χ4n) is 3.89. The van der Waals surface area contributed by atoms with Crippen LogP contribution in [0.2, 0.25) is 5.02 Å². The molecule has 0 radical (unpaired) electrons. The highest BCUT2D eigenvalue weighted by molar-refractivity contribution is 6.31. The molecule has 0 bridgehead atoms. The summed E-state index contributed by atoms with van der Waals surface area (Å²) in [6, 6.07) is 21.2. The minimum Gasteiger partial charge on any atom is -0.496 e. The molecule has 0 saturated heterocycles. The highest BCUT2D eigenvalue weighted by Crippen LogP contribution is 2.41. The monoisotopic (exact) mass is 404 g/mol. The molecule has 0 saturated carbocycles. The number of halogens is 1. The minimum atomic E-state index is -0.129. The zero-order chi connectivity index (χ0) is 21.0. The van der Waals surface area contributed by atoms with Gasteiger partial charge in [0, 0.05) is 16.0 Å². The molecule has 0 aliphatic rings. The number of rotatable bonds is 7. The Bertz CT molecular complexity index is 1000. The highest BCUT2D eigenvalue weighted by Gasteiger charge is 2.26. The third kappa shape index (κ3) is 4.41. The summed E-state index contributed by atoms with van der Waals surface area (Å²) in [4.78, 5) is 0. The third-order valence-electron chi connectivity index (χ3n) is 5.58. The molecule has 29 heavy (non-hydrogen) atoms. The second kappa shape index (κ2) is 8.88. The predicted molar refractivity (Wildman–Crippen MR) is 126 cm³/mol. The van der Waals surface area contributed by atoms with Gasteiger partial charge < -0.3 is 4.74 Å². The fourth-order valence-corrected chi connectivity index (χ4v) is 4.13. The number of hydrogen-bond acceptors (Lipinski definition) is 1. The van der Waals surface area contributed by atoms with Crippen LogP contribution in [0, 0.1) is 0 Å². The van der Waals surface area contributed by atoms with E-state index in [4.69, 9.17) is 16.3 Å². The van der Waals surface area contributed by atoms with E-state index in [0.29, 0.717) is 5.02 Å². The lowest BCUT2D eigenvalue weighted by Gasteiger charge is -2.28. The number of aryl methyl sites for hydroxylation is 1. The molecule has 0 spiro atoms. The van der Waals surface area contributed by atoms with Crippen LogP contribution in [0.25, 0.3) is 17.2 Å². The number of ether oxygens (including phenoxy) is 1. The van der Waals surface area contributed by atoms with Crippen molar-refractivity contribution in [1.29, 1.82) is 0 Å². The van der Waals surface area contributed by atoms with Crippen molar-refractivity contribution in [2.24, 2.45) is 0 Å². The topological polar surface area (TPSA) is 9.23 Å². The summed E-state index contributed by atoms with van der Waals surface area (Å²) in [5.74, 6) is 0.882. The third-order valence-corrected chi connectivity index (χ3v) is 5.80. The van der Waals surface area contributed by atoms with Gasteiger partial charge in [-0.15, -0.1) is 0 Å². The van der Waals surface area contributed by atoms with Crippen molar-refractivity contribution in [3.63, 3.8) is 0 Å². The van der Waals surface area contributed by atoms with E-state index in [2.05, 4.69) is 75.9 Å². The molecule has 3 rings (SSSR count). The molecule has 3 aromatic carbocycles. The molecular formula is C27H29ClO. The second-order valence-electron chi connectivity index (χ2n) is 7.93. The second-order valence-corrected chi connectivity index (χ2v) is 8.37. The first kappa shape index (κ1) is 21.2. The van der Waals surface area contributed by atoms with E-state index < -0.39 is 0 Å². The summed E-state index contributed by atoms with van der Waals surface area (Å²) < 4.78 is 5.90. The van der Waals surface area contributed by atoms with Crippen molar-refractivity contribution in [1.82, 2.24) is 0 Å². The van der Waals surface area contributed by atoms with E-state index in [0.717, 1.165) is 35.3 Å². The van der Waals surface area contributed by atoms with Crippen LogP contribution in [-0.4, -0.2) is 7.11 Å². The van der Waals surface area contributed by atoms with Gasteiger partial charge in [-0.3, -0.25) is 0 Å². The van der Waals surface area contributed by atoms with Gasteiger partial charge in [-0.1, -0.05) is 87.8 Å². The van der Waals surface area contributed by atoms with Gasteiger partial charge in [-0.05, 0) is 58.5 Å². The van der Waals surface area contributed by atoms with Crippen molar-refractivity contribution >= 4 is 17.7 Å². The highest BCUT2D eigenvalue weighted by atomic mass is 35.5. The van der Waals surface area contributed by atoms with Crippen molar-refractivity contribution in [3.05, 3.63) is 94.5 Å². The molecule has 150 valence electrons. The first-order chi connectivity index (χ1) is 13.9. The molecule has 0 aromatic heterocycles. The van der Waals surface area contributed by atoms with Crippen molar-refractivity contribution in [2.45, 2.75) is 39.0 Å². The maximum Gasteiger partial charge on any atom is 0.127 e. The van der Waals surface area contributed by atoms with E-state index in [1.165, 1.54) is 16.7 Å². The van der Waals surface area contributed by atoms with E-state index in [1.54, 1.807) is 7.11 Å². The summed E-state index contributed by atoms with van der Waals surface area (Å²) in [6.45, 7) is 10.6. The molecule has 1 nitrogen and oxygen atoms in total. The van der Waals surface area contributed by atoms with Crippen LogP contribution < -0.4 is 4.74 Å². The SMILES string of the molecule is C=Cc1cc(Cl)cc(-c2c(CCC)cc(C(C)(C)c3ccccc3)cc2OC)c1. The Labute approximate surface area is 180 Å². The molecule has 2 heteroatoms. The Hall–Kier alpha value is -2.51. The molecule has 0 unspecified atom stereocenters. The lowest BCUT2D eigenvalue weighted by molar-refractivity contribution is 0.414. The van der Waals surface area contributed by atoms with Crippen LogP contribution in [0.4, 0.5) is 0 Å². The molecule has 0 amide bonds. The zero-order valence-corrected chi connectivity index (χ0v) is 18.5. The van der Waals surface area contributed by atoms with Crippen LogP contribution >= 0.6 is 11.6 Å². The lowest BCUT2D eigenvalue weighted by atomic mass is 9.76. The molecular weight excluding hydrogens is 376 g/mol. The van der Waals surface area contributed by atoms with Gasteiger partial charge in [0.2, 0.25) is 0 Å². The summed E-state index contributed by atoms with van der Waals surface area (Å²) in [5, 5.41) is 0.704. The zero-order valence-electron chi connectivity index (χ0n) is 17.8. The first-order valence-corrected chi connectivity index (χ1v) is 10.5. The van der Waals surface area contributed by atoms with E-state index >= 15 is 0 Å². The average Bonchev–Trinajstić information content (AvgIpc) is 2.73. The normalized spacial score (nSPS) is 11.3. The summed E-state index contributed by atoms with van der Waals surface area (Å²) >= 11 is 6.40.